The summed E-state index contributed by atoms with van der Waals surface area (Å²) in [4.78, 5) is 2.47. The predicted octanol–water partition coefficient (Wildman–Crippen LogP) is 3.03. The number of nitrogens with zero attached hydrogens (tertiary/aromatic N) is 1. The summed E-state index contributed by atoms with van der Waals surface area (Å²) in [6, 6.07) is 7.54. The van der Waals surface area contributed by atoms with Gasteiger partial charge in [0.25, 0.3) is 0 Å². The van der Waals surface area contributed by atoms with Crippen molar-refractivity contribution in [1.29, 1.82) is 0 Å². The molecule has 0 amide bonds. The molecule has 100 valence electrons. The Morgan fingerprint density at radius 3 is 2.56 bits per heavy atom. The topological polar surface area (TPSA) is 29.3 Å². The van der Waals surface area contributed by atoms with Gasteiger partial charge >= 0.3 is 0 Å². The highest BCUT2D eigenvalue weighted by molar-refractivity contribution is 5.35. The summed E-state index contributed by atoms with van der Waals surface area (Å²) in [5.74, 6) is 0.883. The quantitative estimate of drug-likeness (QED) is 0.865. The lowest BCUT2D eigenvalue weighted by atomic mass is 9.95. The minimum Gasteiger partial charge on any atom is -0.329 e. The van der Waals surface area contributed by atoms with Crippen LogP contribution in [0.15, 0.2) is 18.2 Å². The van der Waals surface area contributed by atoms with Crippen molar-refractivity contribution in [2.75, 3.05) is 13.6 Å². The number of rotatable bonds is 5. The Kier molecular flexibility index (Phi) is 4.08. The summed E-state index contributed by atoms with van der Waals surface area (Å²) >= 11 is 0. The van der Waals surface area contributed by atoms with Gasteiger partial charge in [0, 0.05) is 18.6 Å². The van der Waals surface area contributed by atoms with Crippen molar-refractivity contribution in [2.45, 2.75) is 45.7 Å². The maximum atomic E-state index is 6.04. The van der Waals surface area contributed by atoms with Crippen LogP contribution in [0, 0.1) is 19.8 Å². The first-order valence-electron chi connectivity index (χ1n) is 7.04. The number of benzene rings is 1. The van der Waals surface area contributed by atoms with Crippen LogP contribution in [-0.2, 0) is 0 Å². The molecule has 2 nitrogen and oxygen atoms in total. The lowest BCUT2D eigenvalue weighted by molar-refractivity contribution is 0.171. The third kappa shape index (κ3) is 2.60. The van der Waals surface area contributed by atoms with Gasteiger partial charge in [0.2, 0.25) is 0 Å². The molecule has 0 bridgehead atoms. The van der Waals surface area contributed by atoms with Gasteiger partial charge in [-0.1, -0.05) is 18.2 Å². The second kappa shape index (κ2) is 5.41. The molecule has 1 aromatic carbocycles. The van der Waals surface area contributed by atoms with Gasteiger partial charge in [-0.3, -0.25) is 4.90 Å². The molecular weight excluding hydrogens is 220 g/mol. The van der Waals surface area contributed by atoms with Crippen LogP contribution < -0.4 is 5.73 Å². The van der Waals surface area contributed by atoms with Gasteiger partial charge in [-0.25, -0.2) is 0 Å². The summed E-state index contributed by atoms with van der Waals surface area (Å²) in [6.45, 7) is 7.42. The summed E-state index contributed by atoms with van der Waals surface area (Å²) in [7, 11) is 2.22. The molecule has 1 fully saturated rings. The first-order valence-corrected chi connectivity index (χ1v) is 7.04. The highest BCUT2D eigenvalue weighted by Gasteiger charge is 2.33. The van der Waals surface area contributed by atoms with E-state index in [1.807, 2.05) is 0 Å². The van der Waals surface area contributed by atoms with E-state index >= 15 is 0 Å². The van der Waals surface area contributed by atoms with E-state index in [0.717, 1.165) is 5.92 Å². The molecule has 0 aromatic heterocycles. The normalized spacial score (nSPS) is 19.0. The molecule has 1 saturated carbocycles. The van der Waals surface area contributed by atoms with Crippen molar-refractivity contribution in [3.63, 3.8) is 0 Å². The Labute approximate surface area is 111 Å². The van der Waals surface area contributed by atoms with Crippen LogP contribution in [0.1, 0.15) is 42.5 Å². The molecular formula is C16H26N2. The van der Waals surface area contributed by atoms with E-state index in [1.54, 1.807) is 0 Å². The van der Waals surface area contributed by atoms with E-state index in [-0.39, 0.29) is 0 Å². The van der Waals surface area contributed by atoms with E-state index < -0.39 is 0 Å². The molecule has 0 aliphatic heterocycles. The molecule has 18 heavy (non-hydrogen) atoms. The van der Waals surface area contributed by atoms with Gasteiger partial charge in [-0.05, 0) is 63.3 Å². The SMILES string of the molecule is Cc1cccc(C(CN)N(C)C(C)C2CC2)c1C. The lowest BCUT2D eigenvalue weighted by Crippen LogP contribution is -2.38. The highest BCUT2D eigenvalue weighted by atomic mass is 15.2. The van der Waals surface area contributed by atoms with E-state index in [2.05, 4.69) is 50.9 Å². The smallest absolute Gasteiger partial charge is 0.0473 e. The van der Waals surface area contributed by atoms with Crippen LogP contribution in [0.4, 0.5) is 0 Å². The number of hydrogen-bond donors (Lipinski definition) is 1. The molecule has 2 N–H and O–H groups in total. The Morgan fingerprint density at radius 2 is 2.00 bits per heavy atom. The monoisotopic (exact) mass is 246 g/mol. The van der Waals surface area contributed by atoms with Gasteiger partial charge in [0.05, 0.1) is 0 Å². The fourth-order valence-electron chi connectivity index (χ4n) is 2.84. The van der Waals surface area contributed by atoms with Gasteiger partial charge in [-0.2, -0.15) is 0 Å². The standard InChI is InChI=1S/C16H26N2/c1-11-6-5-7-15(12(11)2)16(10-17)18(4)13(3)14-8-9-14/h5-7,13-14,16H,8-10,17H2,1-4H3. The molecule has 1 aliphatic rings. The predicted molar refractivity (Wildman–Crippen MR) is 77.7 cm³/mol. The van der Waals surface area contributed by atoms with Crippen molar-refractivity contribution in [1.82, 2.24) is 4.90 Å². The zero-order chi connectivity index (χ0) is 13.3. The fourth-order valence-corrected chi connectivity index (χ4v) is 2.84. The molecule has 2 rings (SSSR count). The molecule has 0 spiro atoms. The number of nitrogens with two attached hydrogens (primary N) is 1. The fraction of sp³-hybridized carbons (Fsp3) is 0.625. The van der Waals surface area contributed by atoms with E-state index in [1.165, 1.54) is 29.5 Å². The molecule has 0 saturated heterocycles. The third-order valence-corrected chi connectivity index (χ3v) is 4.67. The largest absolute Gasteiger partial charge is 0.329 e. The van der Waals surface area contributed by atoms with Crippen molar-refractivity contribution in [3.05, 3.63) is 34.9 Å². The zero-order valence-corrected chi connectivity index (χ0v) is 12.1. The second-order valence-electron chi connectivity index (χ2n) is 5.78. The first-order chi connectivity index (χ1) is 8.56. The highest BCUT2D eigenvalue weighted by Crippen LogP contribution is 2.37. The molecule has 0 radical (unpaired) electrons. The number of hydrogen-bond acceptors (Lipinski definition) is 2. The molecule has 0 heterocycles. The van der Waals surface area contributed by atoms with Gasteiger partial charge in [-0.15, -0.1) is 0 Å². The van der Waals surface area contributed by atoms with Crippen LogP contribution in [0.5, 0.6) is 0 Å². The van der Waals surface area contributed by atoms with Crippen molar-refractivity contribution >= 4 is 0 Å². The van der Waals surface area contributed by atoms with Gasteiger partial charge in [0.15, 0.2) is 0 Å². The van der Waals surface area contributed by atoms with Crippen molar-refractivity contribution in [3.8, 4) is 0 Å². The number of likely N-dealkylation sites (N-methyl/N-ethyl adjacent to an activating group) is 1. The van der Waals surface area contributed by atoms with Gasteiger partial charge in [0.1, 0.15) is 0 Å². The van der Waals surface area contributed by atoms with Crippen LogP contribution in [0.2, 0.25) is 0 Å². The average Bonchev–Trinajstić information content (AvgIpc) is 3.18. The second-order valence-corrected chi connectivity index (χ2v) is 5.78. The molecule has 2 heteroatoms. The summed E-state index contributed by atoms with van der Waals surface area (Å²) in [6.07, 6.45) is 2.77. The maximum absolute atomic E-state index is 6.04. The van der Waals surface area contributed by atoms with Crippen LogP contribution in [0.3, 0.4) is 0 Å². The van der Waals surface area contributed by atoms with Crippen molar-refractivity contribution in [2.24, 2.45) is 11.7 Å². The lowest BCUT2D eigenvalue weighted by Gasteiger charge is -2.34. The Balaban J connectivity index is 2.23. The minimum atomic E-state index is 0.348. The zero-order valence-electron chi connectivity index (χ0n) is 12.1. The van der Waals surface area contributed by atoms with Crippen molar-refractivity contribution < 1.29 is 0 Å². The molecule has 2 unspecified atom stereocenters. The summed E-state index contributed by atoms with van der Waals surface area (Å²) in [5.41, 5.74) is 10.2. The molecule has 1 aliphatic carbocycles. The third-order valence-electron chi connectivity index (χ3n) is 4.67. The Bertz CT molecular complexity index is 410. The molecule has 1 aromatic rings. The maximum Gasteiger partial charge on any atom is 0.0473 e. The Morgan fingerprint density at radius 1 is 1.33 bits per heavy atom. The van der Waals surface area contributed by atoms with Gasteiger partial charge < -0.3 is 5.73 Å². The molecule has 2 atom stereocenters. The average molecular weight is 246 g/mol. The Hall–Kier alpha value is -0.860. The summed E-state index contributed by atoms with van der Waals surface area (Å²) < 4.78 is 0. The van der Waals surface area contributed by atoms with Crippen LogP contribution in [-0.4, -0.2) is 24.5 Å². The van der Waals surface area contributed by atoms with E-state index in [4.69, 9.17) is 5.73 Å². The van der Waals surface area contributed by atoms with E-state index in [0.29, 0.717) is 18.6 Å². The minimum absolute atomic E-state index is 0.348. The van der Waals surface area contributed by atoms with Crippen LogP contribution in [0.25, 0.3) is 0 Å². The first kappa shape index (κ1) is 13.6. The number of aryl methyl sites for hydroxylation is 1. The summed E-state index contributed by atoms with van der Waals surface area (Å²) in [5, 5.41) is 0. The van der Waals surface area contributed by atoms with Crippen LogP contribution >= 0.6 is 0 Å². The van der Waals surface area contributed by atoms with E-state index in [9.17, 15) is 0 Å².